The van der Waals surface area contributed by atoms with Crippen LogP contribution in [0.25, 0.3) is 0 Å². The molecule has 2 heterocycles. The summed E-state index contributed by atoms with van der Waals surface area (Å²) in [6.45, 7) is 5.28. The number of ether oxygens (including phenoxy) is 2. The van der Waals surface area contributed by atoms with E-state index in [1.807, 2.05) is 50.2 Å². The quantitative estimate of drug-likeness (QED) is 0.434. The van der Waals surface area contributed by atoms with Crippen LogP contribution in [0, 0.1) is 13.8 Å². The van der Waals surface area contributed by atoms with Crippen LogP contribution in [0.2, 0.25) is 0 Å². The van der Waals surface area contributed by atoms with Gasteiger partial charge in [0.1, 0.15) is 0 Å². The van der Waals surface area contributed by atoms with Crippen molar-refractivity contribution in [3.05, 3.63) is 101 Å². The van der Waals surface area contributed by atoms with Gasteiger partial charge in [-0.05, 0) is 62.1 Å². The summed E-state index contributed by atoms with van der Waals surface area (Å²) in [4.78, 5) is 40.7. The Hall–Kier alpha value is -4.17. The van der Waals surface area contributed by atoms with E-state index in [4.69, 9.17) is 9.47 Å². The van der Waals surface area contributed by atoms with Crippen LogP contribution < -0.4 is 10.6 Å². The number of anilines is 1. The van der Waals surface area contributed by atoms with Gasteiger partial charge in [-0.25, -0.2) is 4.79 Å². The summed E-state index contributed by atoms with van der Waals surface area (Å²) in [5.74, 6) is -0.503. The molecule has 8 nitrogen and oxygen atoms in total. The van der Waals surface area contributed by atoms with Crippen molar-refractivity contribution in [3.63, 3.8) is 0 Å². The SMILES string of the molecule is Cc1ccc(C(=O)Nc2ccc(C3OC(=O)N(Cc4cccc(C)c4)C3C(=O)NCC3CCCO3)cc2)cc1. The highest BCUT2D eigenvalue weighted by molar-refractivity contribution is 6.04. The smallest absolute Gasteiger partial charge is 0.411 e. The van der Waals surface area contributed by atoms with Crippen LogP contribution in [-0.2, 0) is 20.8 Å². The number of aryl methyl sites for hydroxylation is 2. The minimum absolute atomic E-state index is 0.0212. The topological polar surface area (TPSA) is 97.0 Å². The lowest BCUT2D eigenvalue weighted by Crippen LogP contribution is -2.47. The van der Waals surface area contributed by atoms with Gasteiger partial charge < -0.3 is 20.1 Å². The van der Waals surface area contributed by atoms with Gasteiger partial charge in [0.2, 0.25) is 5.91 Å². The van der Waals surface area contributed by atoms with Gasteiger partial charge in [-0.3, -0.25) is 14.5 Å². The Kier molecular flexibility index (Phi) is 7.93. The molecule has 3 unspecified atom stereocenters. The third-order valence-electron chi connectivity index (χ3n) is 7.13. The fraction of sp³-hybridized carbons (Fsp3) is 0.323. The minimum Gasteiger partial charge on any atom is -0.438 e. The molecule has 5 rings (SSSR count). The normalized spacial score (nSPS) is 20.5. The largest absolute Gasteiger partial charge is 0.438 e. The lowest BCUT2D eigenvalue weighted by atomic mass is 10.00. The standard InChI is InChI=1S/C31H33N3O5/c1-20-8-10-24(11-9-20)29(35)33-25-14-12-23(13-15-25)28-27(30(36)32-18-26-7-4-16-38-26)34(31(37)39-28)19-22-6-3-5-21(2)17-22/h3,5-6,8-15,17,26-28H,4,7,16,18-19H2,1-2H3,(H,32,36)(H,33,35). The van der Waals surface area contributed by atoms with E-state index in [0.29, 0.717) is 30.0 Å². The van der Waals surface area contributed by atoms with Crippen LogP contribution in [0.15, 0.2) is 72.8 Å². The first-order valence-electron chi connectivity index (χ1n) is 13.3. The summed E-state index contributed by atoms with van der Waals surface area (Å²) in [7, 11) is 0. The van der Waals surface area contributed by atoms with E-state index in [1.165, 1.54) is 4.90 Å². The molecule has 3 aromatic carbocycles. The van der Waals surface area contributed by atoms with Crippen molar-refractivity contribution in [2.45, 2.75) is 51.5 Å². The third kappa shape index (κ3) is 6.29. The number of hydrogen-bond acceptors (Lipinski definition) is 5. The van der Waals surface area contributed by atoms with Gasteiger partial charge >= 0.3 is 6.09 Å². The van der Waals surface area contributed by atoms with Gasteiger partial charge in [0.25, 0.3) is 5.91 Å². The number of amides is 3. The van der Waals surface area contributed by atoms with Gasteiger partial charge in [0.15, 0.2) is 12.1 Å². The number of rotatable bonds is 8. The second kappa shape index (κ2) is 11.7. The summed E-state index contributed by atoms with van der Waals surface area (Å²) in [5.41, 5.74) is 4.89. The molecule has 0 saturated carbocycles. The van der Waals surface area contributed by atoms with Crippen molar-refractivity contribution in [2.24, 2.45) is 0 Å². The lowest BCUT2D eigenvalue weighted by Gasteiger charge is -2.25. The van der Waals surface area contributed by atoms with E-state index in [9.17, 15) is 14.4 Å². The Balaban J connectivity index is 1.34. The fourth-order valence-corrected chi connectivity index (χ4v) is 5.01. The van der Waals surface area contributed by atoms with Gasteiger partial charge in [-0.15, -0.1) is 0 Å². The highest BCUT2D eigenvalue weighted by Crippen LogP contribution is 2.34. The van der Waals surface area contributed by atoms with E-state index < -0.39 is 18.2 Å². The van der Waals surface area contributed by atoms with E-state index in [-0.39, 0.29) is 24.5 Å². The molecule has 0 aromatic heterocycles. The number of nitrogens with one attached hydrogen (secondary N) is 2. The lowest BCUT2D eigenvalue weighted by molar-refractivity contribution is -0.126. The molecule has 0 radical (unpaired) electrons. The molecule has 39 heavy (non-hydrogen) atoms. The molecule has 0 spiro atoms. The Bertz CT molecular complexity index is 1330. The Morgan fingerprint density at radius 3 is 2.44 bits per heavy atom. The molecule has 2 saturated heterocycles. The Labute approximate surface area is 228 Å². The zero-order chi connectivity index (χ0) is 27.4. The van der Waals surface area contributed by atoms with Crippen LogP contribution >= 0.6 is 0 Å². The summed E-state index contributed by atoms with van der Waals surface area (Å²) in [6, 6.07) is 21.4. The Morgan fingerprint density at radius 2 is 1.74 bits per heavy atom. The average molecular weight is 528 g/mol. The first kappa shape index (κ1) is 26.4. The molecule has 3 amide bonds. The van der Waals surface area contributed by atoms with Crippen LogP contribution in [0.3, 0.4) is 0 Å². The summed E-state index contributed by atoms with van der Waals surface area (Å²) in [5, 5.41) is 5.86. The van der Waals surface area contributed by atoms with E-state index >= 15 is 0 Å². The molecule has 0 aliphatic carbocycles. The van der Waals surface area contributed by atoms with Gasteiger partial charge in [0.05, 0.1) is 12.6 Å². The first-order chi connectivity index (χ1) is 18.9. The average Bonchev–Trinajstić information content (AvgIpc) is 3.56. The molecule has 3 atom stereocenters. The monoisotopic (exact) mass is 527 g/mol. The van der Waals surface area contributed by atoms with Crippen molar-refractivity contribution >= 4 is 23.6 Å². The second-order valence-corrected chi connectivity index (χ2v) is 10.2. The molecule has 2 N–H and O–H groups in total. The van der Waals surface area contributed by atoms with Crippen LogP contribution in [0.1, 0.15) is 51.6 Å². The van der Waals surface area contributed by atoms with E-state index in [0.717, 1.165) is 29.5 Å². The first-order valence-corrected chi connectivity index (χ1v) is 13.3. The van der Waals surface area contributed by atoms with Crippen molar-refractivity contribution in [1.82, 2.24) is 10.2 Å². The van der Waals surface area contributed by atoms with Crippen molar-refractivity contribution < 1.29 is 23.9 Å². The number of benzene rings is 3. The molecule has 202 valence electrons. The molecule has 2 aliphatic rings. The molecular formula is C31H33N3O5. The summed E-state index contributed by atoms with van der Waals surface area (Å²) >= 11 is 0. The fourth-order valence-electron chi connectivity index (χ4n) is 5.01. The predicted molar refractivity (Wildman–Crippen MR) is 147 cm³/mol. The number of carbonyl (C=O) groups excluding carboxylic acids is 3. The Morgan fingerprint density at radius 1 is 0.974 bits per heavy atom. The van der Waals surface area contributed by atoms with Gasteiger partial charge in [-0.2, -0.15) is 0 Å². The van der Waals surface area contributed by atoms with E-state index in [1.54, 1.807) is 36.4 Å². The minimum atomic E-state index is -0.854. The zero-order valence-electron chi connectivity index (χ0n) is 22.2. The van der Waals surface area contributed by atoms with Gasteiger partial charge in [-0.1, -0.05) is 59.7 Å². The van der Waals surface area contributed by atoms with Crippen molar-refractivity contribution in [2.75, 3.05) is 18.5 Å². The maximum absolute atomic E-state index is 13.5. The van der Waals surface area contributed by atoms with Gasteiger partial charge in [0, 0.05) is 24.4 Å². The third-order valence-corrected chi connectivity index (χ3v) is 7.13. The number of nitrogens with zero attached hydrogens (tertiary/aromatic N) is 1. The maximum atomic E-state index is 13.5. The molecule has 0 bridgehead atoms. The summed E-state index contributed by atoms with van der Waals surface area (Å²) < 4.78 is 11.4. The molecule has 2 fully saturated rings. The zero-order valence-corrected chi connectivity index (χ0v) is 22.2. The summed E-state index contributed by atoms with van der Waals surface area (Å²) in [6.07, 6.45) is 0.504. The highest BCUT2D eigenvalue weighted by Gasteiger charge is 2.47. The maximum Gasteiger partial charge on any atom is 0.411 e. The highest BCUT2D eigenvalue weighted by atomic mass is 16.6. The molecule has 3 aromatic rings. The number of cyclic esters (lactones) is 1. The molecular weight excluding hydrogens is 494 g/mol. The predicted octanol–water partition coefficient (Wildman–Crippen LogP) is 4.91. The molecule has 2 aliphatic heterocycles. The van der Waals surface area contributed by atoms with Crippen LogP contribution in [0.4, 0.5) is 10.5 Å². The number of hydrogen-bond donors (Lipinski definition) is 2. The van der Waals surface area contributed by atoms with E-state index in [2.05, 4.69) is 10.6 Å². The van der Waals surface area contributed by atoms with Crippen LogP contribution in [-0.4, -0.2) is 48.1 Å². The molecule has 8 heteroatoms. The van der Waals surface area contributed by atoms with Crippen molar-refractivity contribution in [3.8, 4) is 0 Å². The van der Waals surface area contributed by atoms with Crippen molar-refractivity contribution in [1.29, 1.82) is 0 Å². The second-order valence-electron chi connectivity index (χ2n) is 10.2. The van der Waals surface area contributed by atoms with Crippen LogP contribution in [0.5, 0.6) is 0 Å². The number of carbonyl (C=O) groups is 3.